The number of hydrogen-bond donors (Lipinski definition) is 1. The van der Waals surface area contributed by atoms with Gasteiger partial charge in [-0.25, -0.2) is 0 Å². The van der Waals surface area contributed by atoms with Crippen LogP contribution in [0.2, 0.25) is 0 Å². The van der Waals surface area contributed by atoms with Gasteiger partial charge < -0.3 is 14.8 Å². The lowest BCUT2D eigenvalue weighted by atomic mass is 9.95. The molecule has 4 nitrogen and oxygen atoms in total. The Hall–Kier alpha value is -0.610. The van der Waals surface area contributed by atoms with Crippen molar-refractivity contribution in [2.45, 2.75) is 38.6 Å². The molecule has 0 aliphatic carbocycles. The smallest absolute Gasteiger partial charge is 0.326 e. The van der Waals surface area contributed by atoms with Crippen LogP contribution in [0.3, 0.4) is 0 Å². The van der Waals surface area contributed by atoms with E-state index >= 15 is 0 Å². The fourth-order valence-electron chi connectivity index (χ4n) is 1.34. The van der Waals surface area contributed by atoms with Crippen LogP contribution in [0.5, 0.6) is 0 Å². The summed E-state index contributed by atoms with van der Waals surface area (Å²) in [6.45, 7) is 4.85. The first-order valence-corrected chi connectivity index (χ1v) is 5.45. The molecule has 0 aliphatic heterocycles. The molecular formula is C11H23NO3. The number of unbranched alkanes of at least 4 members (excludes halogenated alkanes) is 1. The van der Waals surface area contributed by atoms with E-state index in [0.717, 1.165) is 25.9 Å². The van der Waals surface area contributed by atoms with E-state index in [1.807, 2.05) is 13.8 Å². The number of esters is 1. The topological polar surface area (TPSA) is 47.6 Å². The van der Waals surface area contributed by atoms with Crippen molar-refractivity contribution in [3.8, 4) is 0 Å². The van der Waals surface area contributed by atoms with Gasteiger partial charge in [-0.3, -0.25) is 4.79 Å². The highest BCUT2D eigenvalue weighted by atomic mass is 16.5. The minimum Gasteiger partial charge on any atom is -0.465 e. The van der Waals surface area contributed by atoms with Crippen LogP contribution in [0.4, 0.5) is 0 Å². The Morgan fingerprint density at radius 3 is 2.53 bits per heavy atom. The van der Waals surface area contributed by atoms with Gasteiger partial charge in [-0.2, -0.15) is 0 Å². The van der Waals surface area contributed by atoms with E-state index in [9.17, 15) is 4.79 Å². The Balaban J connectivity index is 4.00. The number of rotatable bonds is 8. The zero-order valence-corrected chi connectivity index (χ0v) is 10.3. The van der Waals surface area contributed by atoms with Crippen molar-refractivity contribution in [1.29, 1.82) is 0 Å². The molecule has 0 aromatic carbocycles. The van der Waals surface area contributed by atoms with Gasteiger partial charge in [0.25, 0.3) is 0 Å². The van der Waals surface area contributed by atoms with Gasteiger partial charge in [0.05, 0.1) is 6.61 Å². The molecule has 0 spiro atoms. The SMILES string of the molecule is CCOC(=O)C(C)(CCCCOC)NC. The Kier molecular flexibility index (Phi) is 7.34. The summed E-state index contributed by atoms with van der Waals surface area (Å²) in [5.41, 5.74) is -0.566. The Bertz CT molecular complexity index is 185. The molecule has 1 N–H and O–H groups in total. The van der Waals surface area contributed by atoms with Gasteiger partial charge in [0.2, 0.25) is 0 Å². The third-order valence-electron chi connectivity index (χ3n) is 2.55. The number of nitrogens with one attached hydrogen (secondary N) is 1. The molecule has 1 atom stereocenters. The maximum Gasteiger partial charge on any atom is 0.326 e. The van der Waals surface area contributed by atoms with Gasteiger partial charge in [0.1, 0.15) is 5.54 Å². The van der Waals surface area contributed by atoms with Crippen LogP contribution in [0, 0.1) is 0 Å². The van der Waals surface area contributed by atoms with Crippen LogP contribution in [0.1, 0.15) is 33.1 Å². The summed E-state index contributed by atoms with van der Waals surface area (Å²) in [6, 6.07) is 0. The summed E-state index contributed by atoms with van der Waals surface area (Å²) in [5.74, 6) is -0.176. The lowest BCUT2D eigenvalue weighted by molar-refractivity contribution is -0.150. The molecule has 0 aromatic heterocycles. The molecule has 4 heteroatoms. The number of ether oxygens (including phenoxy) is 2. The van der Waals surface area contributed by atoms with E-state index in [0.29, 0.717) is 6.61 Å². The predicted molar refractivity (Wildman–Crippen MR) is 59.8 cm³/mol. The molecule has 90 valence electrons. The van der Waals surface area contributed by atoms with Crippen LogP contribution < -0.4 is 5.32 Å². The average molecular weight is 217 g/mol. The van der Waals surface area contributed by atoms with Crippen LogP contribution in [0.25, 0.3) is 0 Å². The predicted octanol–water partition coefficient (Wildman–Crippen LogP) is 1.34. The summed E-state index contributed by atoms with van der Waals surface area (Å²) >= 11 is 0. The minimum absolute atomic E-state index is 0.176. The highest BCUT2D eigenvalue weighted by Gasteiger charge is 2.31. The van der Waals surface area contributed by atoms with E-state index < -0.39 is 5.54 Å². The first kappa shape index (κ1) is 14.4. The normalized spacial score (nSPS) is 14.7. The van der Waals surface area contributed by atoms with Gasteiger partial charge in [0.15, 0.2) is 0 Å². The maximum absolute atomic E-state index is 11.6. The summed E-state index contributed by atoms with van der Waals surface area (Å²) in [7, 11) is 3.47. The molecular weight excluding hydrogens is 194 g/mol. The van der Waals surface area contributed by atoms with Crippen LogP contribution in [0.15, 0.2) is 0 Å². The Labute approximate surface area is 92.3 Å². The quantitative estimate of drug-likeness (QED) is 0.492. The molecule has 0 saturated carbocycles. The number of hydrogen-bond acceptors (Lipinski definition) is 4. The zero-order valence-electron chi connectivity index (χ0n) is 10.3. The Morgan fingerprint density at radius 2 is 2.07 bits per heavy atom. The molecule has 0 bridgehead atoms. The number of carbonyl (C=O) groups excluding carboxylic acids is 1. The fraction of sp³-hybridized carbons (Fsp3) is 0.909. The van der Waals surface area contributed by atoms with Crippen LogP contribution in [-0.2, 0) is 14.3 Å². The van der Waals surface area contributed by atoms with E-state index in [2.05, 4.69) is 5.32 Å². The van der Waals surface area contributed by atoms with Crippen molar-refractivity contribution >= 4 is 5.97 Å². The molecule has 0 fully saturated rings. The van der Waals surface area contributed by atoms with Crippen LogP contribution in [-0.4, -0.2) is 38.9 Å². The summed E-state index contributed by atoms with van der Waals surface area (Å²) in [4.78, 5) is 11.6. The number of carbonyl (C=O) groups is 1. The molecule has 1 unspecified atom stereocenters. The molecule has 0 aromatic rings. The highest BCUT2D eigenvalue weighted by Crippen LogP contribution is 2.15. The van der Waals surface area contributed by atoms with Crippen molar-refractivity contribution < 1.29 is 14.3 Å². The minimum atomic E-state index is -0.566. The summed E-state index contributed by atoms with van der Waals surface area (Å²) in [5, 5.41) is 3.02. The van der Waals surface area contributed by atoms with E-state index in [-0.39, 0.29) is 5.97 Å². The lowest BCUT2D eigenvalue weighted by Crippen LogP contribution is -2.48. The van der Waals surface area contributed by atoms with Gasteiger partial charge in [-0.15, -0.1) is 0 Å². The van der Waals surface area contributed by atoms with E-state index in [1.165, 1.54) is 0 Å². The van der Waals surface area contributed by atoms with E-state index in [4.69, 9.17) is 9.47 Å². The van der Waals surface area contributed by atoms with Crippen molar-refractivity contribution in [2.24, 2.45) is 0 Å². The zero-order chi connectivity index (χ0) is 11.7. The fourth-order valence-corrected chi connectivity index (χ4v) is 1.34. The van der Waals surface area contributed by atoms with Gasteiger partial charge in [-0.05, 0) is 40.2 Å². The first-order chi connectivity index (χ1) is 7.10. The maximum atomic E-state index is 11.6. The monoisotopic (exact) mass is 217 g/mol. The molecule has 0 aliphatic rings. The lowest BCUT2D eigenvalue weighted by Gasteiger charge is -2.26. The third-order valence-corrected chi connectivity index (χ3v) is 2.55. The summed E-state index contributed by atoms with van der Waals surface area (Å²) < 4.78 is 9.98. The van der Waals surface area contributed by atoms with Crippen molar-refractivity contribution in [3.05, 3.63) is 0 Å². The van der Waals surface area contributed by atoms with Gasteiger partial charge in [-0.1, -0.05) is 0 Å². The Morgan fingerprint density at radius 1 is 1.40 bits per heavy atom. The number of methoxy groups -OCH3 is 1. The van der Waals surface area contributed by atoms with Crippen molar-refractivity contribution in [1.82, 2.24) is 5.32 Å². The highest BCUT2D eigenvalue weighted by molar-refractivity contribution is 5.80. The van der Waals surface area contributed by atoms with Gasteiger partial charge in [0, 0.05) is 13.7 Å². The largest absolute Gasteiger partial charge is 0.465 e. The average Bonchev–Trinajstić information content (AvgIpc) is 2.24. The third kappa shape index (κ3) is 5.14. The standard InChI is InChI=1S/C11H23NO3/c1-5-15-10(13)11(2,12-3)8-6-7-9-14-4/h12H,5-9H2,1-4H3. The second-order valence-electron chi connectivity index (χ2n) is 3.75. The number of likely N-dealkylation sites (N-methyl/N-ethyl adjacent to an activating group) is 1. The molecule has 0 amide bonds. The van der Waals surface area contributed by atoms with Gasteiger partial charge >= 0.3 is 5.97 Å². The molecule has 0 rings (SSSR count). The van der Waals surface area contributed by atoms with Crippen LogP contribution >= 0.6 is 0 Å². The second kappa shape index (κ2) is 7.65. The van der Waals surface area contributed by atoms with E-state index in [1.54, 1.807) is 14.2 Å². The molecule has 0 heterocycles. The molecule has 0 saturated heterocycles. The first-order valence-electron chi connectivity index (χ1n) is 5.45. The molecule has 0 radical (unpaired) electrons. The van der Waals surface area contributed by atoms with Crippen molar-refractivity contribution in [2.75, 3.05) is 27.4 Å². The summed E-state index contributed by atoms with van der Waals surface area (Å²) in [6.07, 6.45) is 2.68. The molecule has 15 heavy (non-hydrogen) atoms. The second-order valence-corrected chi connectivity index (χ2v) is 3.75. The van der Waals surface area contributed by atoms with Crippen molar-refractivity contribution in [3.63, 3.8) is 0 Å².